The Morgan fingerprint density at radius 3 is 2.48 bits per heavy atom. The summed E-state index contributed by atoms with van der Waals surface area (Å²) in [6.45, 7) is 1.85. The molecule has 0 bridgehead atoms. The average Bonchev–Trinajstić information content (AvgIpc) is 3.05. The molecule has 0 fully saturated rings. The number of carbonyl (C=O) groups is 2. The minimum absolute atomic E-state index is 0.0102. The molecule has 1 aromatic heterocycles. The van der Waals surface area contributed by atoms with Gasteiger partial charge in [0.25, 0.3) is 0 Å². The van der Waals surface area contributed by atoms with Crippen LogP contribution in [0.2, 0.25) is 10.0 Å². The Labute approximate surface area is 189 Å². The van der Waals surface area contributed by atoms with Gasteiger partial charge in [-0.15, -0.1) is 0 Å². The molecular formula is C22H19Cl2N3O4. The third-order valence-electron chi connectivity index (χ3n) is 4.04. The number of anilines is 2. The number of amides is 1. The van der Waals surface area contributed by atoms with Crippen molar-refractivity contribution in [3.05, 3.63) is 81.5 Å². The maximum Gasteiger partial charge on any atom is 0.345 e. The van der Waals surface area contributed by atoms with Crippen LogP contribution < -0.4 is 10.7 Å². The van der Waals surface area contributed by atoms with Crippen molar-refractivity contribution in [1.29, 1.82) is 0 Å². The molecule has 7 nitrogen and oxygen atoms in total. The summed E-state index contributed by atoms with van der Waals surface area (Å²) in [6, 6.07) is 16.0. The van der Waals surface area contributed by atoms with E-state index in [-0.39, 0.29) is 41.2 Å². The highest BCUT2D eigenvalue weighted by Gasteiger charge is 2.25. The molecule has 160 valence electrons. The molecular weight excluding hydrogens is 441 g/mol. The first-order valence-electron chi connectivity index (χ1n) is 9.35. The molecule has 3 rings (SSSR count). The van der Waals surface area contributed by atoms with E-state index in [1.54, 1.807) is 31.2 Å². The molecule has 0 spiro atoms. The molecule has 2 N–H and O–H groups in total. The summed E-state index contributed by atoms with van der Waals surface area (Å²) in [7, 11) is 0. The zero-order chi connectivity index (χ0) is 22.2. The molecule has 2 aromatic carbocycles. The number of furan rings is 1. The molecule has 1 heterocycles. The second-order valence-electron chi connectivity index (χ2n) is 6.29. The van der Waals surface area contributed by atoms with Crippen LogP contribution in [0.4, 0.5) is 11.6 Å². The molecule has 0 atom stereocenters. The van der Waals surface area contributed by atoms with Crippen LogP contribution in [0.25, 0.3) is 0 Å². The summed E-state index contributed by atoms with van der Waals surface area (Å²) in [5.41, 5.74) is 3.91. The van der Waals surface area contributed by atoms with Crippen LogP contribution in [0.1, 0.15) is 28.6 Å². The van der Waals surface area contributed by atoms with Gasteiger partial charge < -0.3 is 14.5 Å². The van der Waals surface area contributed by atoms with Gasteiger partial charge in [0.2, 0.25) is 11.8 Å². The van der Waals surface area contributed by atoms with Gasteiger partial charge in [0, 0.05) is 10.7 Å². The Hall–Kier alpha value is -3.29. The molecule has 0 radical (unpaired) electrons. The maximum absolute atomic E-state index is 12.4. The Kier molecular flexibility index (Phi) is 7.70. The largest absolute Gasteiger partial charge is 0.462 e. The number of hydrazone groups is 1. The Morgan fingerprint density at radius 2 is 1.81 bits per heavy atom. The number of nitrogens with one attached hydrogen (secondary N) is 2. The van der Waals surface area contributed by atoms with Crippen LogP contribution in [-0.4, -0.2) is 24.7 Å². The van der Waals surface area contributed by atoms with Crippen LogP contribution in [0, 0.1) is 0 Å². The van der Waals surface area contributed by atoms with Gasteiger partial charge in [0.15, 0.2) is 5.76 Å². The van der Waals surface area contributed by atoms with E-state index in [1.807, 2.05) is 30.3 Å². The lowest BCUT2D eigenvalue weighted by Gasteiger charge is -2.06. The van der Waals surface area contributed by atoms with E-state index in [4.69, 9.17) is 32.4 Å². The lowest BCUT2D eigenvalue weighted by Crippen LogP contribution is -2.19. The molecule has 0 aliphatic carbocycles. The second-order valence-corrected chi connectivity index (χ2v) is 7.11. The fraction of sp³-hybridized carbons (Fsp3) is 0.136. The third-order valence-corrected chi connectivity index (χ3v) is 4.66. The Bertz CT molecular complexity index is 1080. The van der Waals surface area contributed by atoms with E-state index in [0.29, 0.717) is 10.7 Å². The zero-order valence-electron chi connectivity index (χ0n) is 16.5. The smallest absolute Gasteiger partial charge is 0.345 e. The Morgan fingerprint density at radius 1 is 1.10 bits per heavy atom. The summed E-state index contributed by atoms with van der Waals surface area (Å²) in [6.07, 6.45) is 1.39. The number of benzene rings is 2. The predicted octanol–water partition coefficient (Wildman–Crippen LogP) is 5.20. The highest BCUT2D eigenvalue weighted by molar-refractivity contribution is 6.36. The van der Waals surface area contributed by atoms with Crippen molar-refractivity contribution in [3.63, 3.8) is 0 Å². The number of rotatable bonds is 8. The first kappa shape index (κ1) is 22.4. The lowest BCUT2D eigenvalue weighted by molar-refractivity contribution is -0.120. The van der Waals surface area contributed by atoms with E-state index in [9.17, 15) is 9.59 Å². The van der Waals surface area contributed by atoms with Gasteiger partial charge in [-0.3, -0.25) is 4.79 Å². The molecule has 0 unspecified atom stereocenters. The molecule has 0 saturated heterocycles. The van der Waals surface area contributed by atoms with Crippen molar-refractivity contribution in [2.24, 2.45) is 5.10 Å². The van der Waals surface area contributed by atoms with Crippen LogP contribution >= 0.6 is 23.2 Å². The fourth-order valence-electron chi connectivity index (χ4n) is 2.63. The van der Waals surface area contributed by atoms with Gasteiger partial charge in [0.05, 0.1) is 19.2 Å². The first-order chi connectivity index (χ1) is 15.0. The van der Waals surface area contributed by atoms with Crippen molar-refractivity contribution >= 4 is 52.9 Å². The summed E-state index contributed by atoms with van der Waals surface area (Å²) in [5, 5.41) is 7.42. The number of nitrogens with zero attached hydrogens (tertiary/aromatic N) is 1. The first-order valence-corrected chi connectivity index (χ1v) is 10.1. The molecule has 1 amide bonds. The van der Waals surface area contributed by atoms with Crippen LogP contribution in [0.15, 0.2) is 64.1 Å². The quantitative estimate of drug-likeness (QED) is 0.274. The fourth-order valence-corrected chi connectivity index (χ4v) is 3.01. The van der Waals surface area contributed by atoms with Crippen molar-refractivity contribution in [3.8, 4) is 0 Å². The van der Waals surface area contributed by atoms with Crippen LogP contribution in [0.5, 0.6) is 0 Å². The van der Waals surface area contributed by atoms with E-state index >= 15 is 0 Å². The standard InChI is InChI=1S/C22H19Cl2N3O4/c1-2-30-22(29)19-20(24)17(31-21(19)26-16-10-8-15(23)9-11-16)13-25-27-18(28)12-14-6-4-3-5-7-14/h3-11,13,26H,2,12H2,1H3,(H,27,28)/b25-13+. The molecule has 31 heavy (non-hydrogen) atoms. The summed E-state index contributed by atoms with van der Waals surface area (Å²) in [4.78, 5) is 24.4. The van der Waals surface area contributed by atoms with E-state index < -0.39 is 5.97 Å². The summed E-state index contributed by atoms with van der Waals surface area (Å²) in [5.74, 6) is -0.792. The monoisotopic (exact) mass is 459 g/mol. The normalized spacial score (nSPS) is 10.8. The highest BCUT2D eigenvalue weighted by atomic mass is 35.5. The zero-order valence-corrected chi connectivity index (χ0v) is 18.0. The number of esters is 1. The van der Waals surface area contributed by atoms with E-state index in [1.165, 1.54) is 6.21 Å². The molecule has 0 saturated carbocycles. The topological polar surface area (TPSA) is 92.9 Å². The van der Waals surface area contributed by atoms with Crippen molar-refractivity contribution in [1.82, 2.24) is 5.43 Å². The number of carbonyl (C=O) groups excluding carboxylic acids is 2. The highest BCUT2D eigenvalue weighted by Crippen LogP contribution is 2.34. The van der Waals surface area contributed by atoms with Crippen LogP contribution in [-0.2, 0) is 16.0 Å². The summed E-state index contributed by atoms with van der Waals surface area (Å²) < 4.78 is 10.7. The lowest BCUT2D eigenvalue weighted by atomic mass is 10.1. The molecule has 0 aliphatic heterocycles. The minimum Gasteiger partial charge on any atom is -0.462 e. The van der Waals surface area contributed by atoms with Gasteiger partial charge in [-0.25, -0.2) is 10.2 Å². The summed E-state index contributed by atoms with van der Waals surface area (Å²) >= 11 is 12.2. The van der Waals surface area contributed by atoms with E-state index in [2.05, 4.69) is 15.8 Å². The Balaban J connectivity index is 1.77. The van der Waals surface area contributed by atoms with Crippen molar-refractivity contribution < 1.29 is 18.7 Å². The number of hydrogen-bond acceptors (Lipinski definition) is 6. The second kappa shape index (κ2) is 10.7. The number of ether oxygens (including phenoxy) is 1. The van der Waals surface area contributed by atoms with Crippen molar-refractivity contribution in [2.75, 3.05) is 11.9 Å². The average molecular weight is 460 g/mol. The molecule has 3 aromatic rings. The molecule has 0 aliphatic rings. The van der Waals surface area contributed by atoms with E-state index in [0.717, 1.165) is 5.56 Å². The maximum atomic E-state index is 12.4. The molecule has 9 heteroatoms. The van der Waals surface area contributed by atoms with Gasteiger partial charge in [-0.2, -0.15) is 5.10 Å². The minimum atomic E-state index is -0.652. The van der Waals surface area contributed by atoms with Gasteiger partial charge in [-0.1, -0.05) is 53.5 Å². The predicted molar refractivity (Wildman–Crippen MR) is 120 cm³/mol. The van der Waals surface area contributed by atoms with Gasteiger partial charge in [0.1, 0.15) is 10.6 Å². The SMILES string of the molecule is CCOC(=O)c1c(Nc2ccc(Cl)cc2)oc(/C=N/NC(=O)Cc2ccccc2)c1Cl. The number of hydrogen-bond donors (Lipinski definition) is 2. The number of halogens is 2. The van der Waals surface area contributed by atoms with Gasteiger partial charge in [-0.05, 0) is 36.8 Å². The van der Waals surface area contributed by atoms with Gasteiger partial charge >= 0.3 is 5.97 Å². The third kappa shape index (κ3) is 6.10. The van der Waals surface area contributed by atoms with Crippen LogP contribution in [0.3, 0.4) is 0 Å². The van der Waals surface area contributed by atoms with Crippen molar-refractivity contribution in [2.45, 2.75) is 13.3 Å².